The third-order valence-corrected chi connectivity index (χ3v) is 5.45. The van der Waals surface area contributed by atoms with E-state index in [9.17, 15) is 28.8 Å². The molecule has 0 unspecified atom stereocenters. The number of hydrogen-bond acceptors (Lipinski definition) is 11. The van der Waals surface area contributed by atoms with E-state index < -0.39 is 35.9 Å². The molecule has 0 amide bonds. The van der Waals surface area contributed by atoms with Crippen LogP contribution in [0.5, 0.6) is 11.5 Å². The lowest BCUT2D eigenvalue weighted by Crippen LogP contribution is -2.20. The lowest BCUT2D eigenvalue weighted by atomic mass is 10.1. The molecule has 11 nitrogen and oxygen atoms in total. The van der Waals surface area contributed by atoms with E-state index in [0.717, 1.165) is 0 Å². The van der Waals surface area contributed by atoms with Crippen LogP contribution in [0.15, 0.2) is 36.4 Å². The van der Waals surface area contributed by atoms with Crippen molar-refractivity contribution in [2.75, 3.05) is 19.8 Å². The molecule has 0 radical (unpaired) electrons. The first-order valence-electron chi connectivity index (χ1n) is 14.1. The van der Waals surface area contributed by atoms with Crippen LogP contribution in [0.1, 0.15) is 82.5 Å². The summed E-state index contributed by atoms with van der Waals surface area (Å²) in [6, 6.07) is 9.54. The van der Waals surface area contributed by atoms with Gasteiger partial charge in [0, 0.05) is 11.1 Å². The molecule has 0 aliphatic carbocycles. The molecule has 45 heavy (non-hydrogen) atoms. The highest BCUT2D eigenvalue weighted by atomic mass is 35.5. The molecule has 13 heteroatoms. The molecule has 0 saturated carbocycles. The van der Waals surface area contributed by atoms with Gasteiger partial charge in [0.2, 0.25) is 5.78 Å². The van der Waals surface area contributed by atoms with Crippen molar-refractivity contribution in [1.82, 2.24) is 0 Å². The predicted molar refractivity (Wildman–Crippen MR) is 168 cm³/mol. The molecule has 0 fully saturated rings. The minimum absolute atomic E-state index is 0.00277. The van der Waals surface area contributed by atoms with E-state index >= 15 is 0 Å². The molecular weight excluding hydrogens is 631 g/mol. The van der Waals surface area contributed by atoms with Crippen LogP contribution in [0, 0.1) is 0 Å². The van der Waals surface area contributed by atoms with Crippen LogP contribution in [-0.2, 0) is 33.4 Å². The largest absolute Gasteiger partial charge is 0.489 e. The van der Waals surface area contributed by atoms with Crippen LogP contribution in [0.25, 0.3) is 0 Å². The third-order valence-electron chi connectivity index (χ3n) is 4.86. The first kappa shape index (κ1) is 41.0. The van der Waals surface area contributed by atoms with E-state index in [2.05, 4.69) is 14.2 Å². The number of esters is 3. The number of rotatable bonds is 12. The summed E-state index contributed by atoms with van der Waals surface area (Å²) >= 11 is 12.0. The Morgan fingerprint density at radius 3 is 1.36 bits per heavy atom. The highest BCUT2D eigenvalue weighted by Gasteiger charge is 2.21. The summed E-state index contributed by atoms with van der Waals surface area (Å²) < 4.78 is 24.1. The maximum absolute atomic E-state index is 11.9. The number of ether oxygens (including phenoxy) is 5. The van der Waals surface area contributed by atoms with Crippen molar-refractivity contribution in [3.05, 3.63) is 57.6 Å². The Morgan fingerprint density at radius 1 is 0.622 bits per heavy atom. The summed E-state index contributed by atoms with van der Waals surface area (Å²) in [6.07, 6.45) is -0.510. The Bertz CT molecular complexity index is 1300. The van der Waals surface area contributed by atoms with Gasteiger partial charge in [-0.2, -0.15) is 0 Å². The van der Waals surface area contributed by atoms with Crippen LogP contribution in [0.2, 0.25) is 10.0 Å². The van der Waals surface area contributed by atoms with Gasteiger partial charge in [-0.1, -0.05) is 23.2 Å². The third kappa shape index (κ3) is 16.6. The zero-order valence-electron chi connectivity index (χ0n) is 26.7. The summed E-state index contributed by atoms with van der Waals surface area (Å²) in [7, 11) is 0. The fourth-order valence-electron chi connectivity index (χ4n) is 3.00. The molecule has 2 aromatic rings. The summed E-state index contributed by atoms with van der Waals surface area (Å²) in [4.78, 5) is 66.5. The number of carbonyl (C=O) groups excluding carboxylic acids is 6. The Balaban J connectivity index is 0.000000697. The van der Waals surface area contributed by atoms with Gasteiger partial charge >= 0.3 is 17.9 Å². The molecule has 0 saturated heterocycles. The number of carbonyl (C=O) groups is 6. The van der Waals surface area contributed by atoms with Gasteiger partial charge in [-0.15, -0.1) is 0 Å². The van der Waals surface area contributed by atoms with Gasteiger partial charge < -0.3 is 23.7 Å². The normalized spacial score (nSPS) is 9.96. The SMILES string of the molecule is CC(=O)c1ccc(OC(C)C)c(Cl)c1.CCOC(=O)C(=O)CC(=O)c1ccc(OC(C)C)c(Cl)c1.CCOC(=O)C(=O)OCC. The summed E-state index contributed by atoms with van der Waals surface area (Å²) in [5, 5.41) is 0.754. The van der Waals surface area contributed by atoms with Crippen LogP contribution in [0.4, 0.5) is 0 Å². The van der Waals surface area contributed by atoms with E-state index in [-0.39, 0.29) is 48.4 Å². The maximum atomic E-state index is 11.9. The van der Waals surface area contributed by atoms with E-state index in [1.165, 1.54) is 19.1 Å². The predicted octanol–water partition coefficient (Wildman–Crippen LogP) is 6.27. The van der Waals surface area contributed by atoms with Crippen molar-refractivity contribution in [3.63, 3.8) is 0 Å². The van der Waals surface area contributed by atoms with Crippen LogP contribution < -0.4 is 9.47 Å². The Labute approximate surface area is 273 Å². The molecule has 0 spiro atoms. The molecule has 248 valence electrons. The van der Waals surface area contributed by atoms with Gasteiger partial charge in [0.05, 0.1) is 48.5 Å². The van der Waals surface area contributed by atoms with Crippen molar-refractivity contribution >= 4 is 58.5 Å². The van der Waals surface area contributed by atoms with E-state index in [1.807, 2.05) is 27.7 Å². The smallest absolute Gasteiger partial charge is 0.417 e. The summed E-state index contributed by atoms with van der Waals surface area (Å²) in [5.41, 5.74) is 0.847. The Kier molecular flexibility index (Phi) is 19.8. The quantitative estimate of drug-likeness (QED) is 0.0826. The maximum Gasteiger partial charge on any atom is 0.417 e. The number of hydrogen-bond donors (Lipinski definition) is 0. The van der Waals surface area contributed by atoms with Gasteiger partial charge in [0.15, 0.2) is 11.6 Å². The van der Waals surface area contributed by atoms with Gasteiger partial charge in [-0.3, -0.25) is 14.4 Å². The lowest BCUT2D eigenvalue weighted by Gasteiger charge is -2.11. The van der Waals surface area contributed by atoms with Crippen LogP contribution >= 0.6 is 23.2 Å². The highest BCUT2D eigenvalue weighted by molar-refractivity contribution is 6.38. The molecule has 0 aliphatic rings. The van der Waals surface area contributed by atoms with Gasteiger partial charge in [0.25, 0.3) is 0 Å². The number of ketones is 3. The molecule has 0 bridgehead atoms. The molecule has 0 heterocycles. The van der Waals surface area contributed by atoms with Crippen LogP contribution in [-0.4, -0.2) is 67.3 Å². The van der Waals surface area contributed by atoms with Crippen molar-refractivity contribution in [3.8, 4) is 11.5 Å². The molecule has 0 atom stereocenters. The van der Waals surface area contributed by atoms with Crippen molar-refractivity contribution < 1.29 is 52.5 Å². The highest BCUT2D eigenvalue weighted by Crippen LogP contribution is 2.27. The second-order valence-electron chi connectivity index (χ2n) is 9.36. The van der Waals surface area contributed by atoms with E-state index in [0.29, 0.717) is 22.1 Å². The van der Waals surface area contributed by atoms with Gasteiger partial charge in [-0.05, 0) is 91.8 Å². The second kappa shape index (κ2) is 21.7. The fourth-order valence-corrected chi connectivity index (χ4v) is 3.45. The zero-order chi connectivity index (χ0) is 34.7. The average molecular weight is 672 g/mol. The van der Waals surface area contributed by atoms with Crippen molar-refractivity contribution in [1.29, 1.82) is 0 Å². The van der Waals surface area contributed by atoms with Crippen LogP contribution in [0.3, 0.4) is 0 Å². The average Bonchev–Trinajstić information content (AvgIpc) is 2.95. The standard InChI is InChI=1S/C15H17ClO5.C11H13ClO2.C6H10O4/c1-4-20-15(19)13(18)8-12(17)10-5-6-14(11(16)7-10)21-9(2)3;1-7(2)14-11-5-4-9(8(3)13)6-10(11)12;1-3-9-5(7)6(8)10-4-2/h5-7,9H,4,8H2,1-3H3;4-7H,1-3H3;3-4H2,1-2H3. The Hall–Kier alpha value is -3.96. The van der Waals surface area contributed by atoms with E-state index in [4.69, 9.17) is 32.7 Å². The molecular formula is C32H40Cl2O11. The zero-order valence-corrected chi connectivity index (χ0v) is 28.2. The fraction of sp³-hybridized carbons (Fsp3) is 0.438. The molecule has 0 aromatic heterocycles. The monoisotopic (exact) mass is 670 g/mol. The minimum atomic E-state index is -1.00. The number of halogens is 2. The summed E-state index contributed by atoms with van der Waals surface area (Å²) in [6.45, 7) is 14.4. The van der Waals surface area contributed by atoms with E-state index in [1.54, 1.807) is 45.0 Å². The molecule has 0 N–H and O–H groups in total. The minimum Gasteiger partial charge on any atom is -0.489 e. The van der Waals surface area contributed by atoms with Gasteiger partial charge in [0.1, 0.15) is 11.5 Å². The number of Topliss-reactive ketones (excluding diaryl/α,β-unsaturated/α-hetero) is 3. The molecule has 2 rings (SSSR count). The number of benzene rings is 2. The lowest BCUT2D eigenvalue weighted by molar-refractivity contribution is -0.167. The van der Waals surface area contributed by atoms with Crippen molar-refractivity contribution in [2.24, 2.45) is 0 Å². The first-order chi connectivity index (χ1) is 21.1. The Morgan fingerprint density at radius 2 is 1.00 bits per heavy atom. The topological polar surface area (TPSA) is 149 Å². The second-order valence-corrected chi connectivity index (χ2v) is 10.2. The molecule has 2 aromatic carbocycles. The van der Waals surface area contributed by atoms with Crippen molar-refractivity contribution in [2.45, 2.75) is 74.0 Å². The summed E-state index contributed by atoms with van der Waals surface area (Å²) in [5.74, 6) is -3.15. The van der Waals surface area contributed by atoms with Gasteiger partial charge in [-0.25, -0.2) is 14.4 Å². The first-order valence-corrected chi connectivity index (χ1v) is 14.8. The molecule has 0 aliphatic heterocycles.